The molecule has 1 aromatic heterocycles. The van der Waals surface area contributed by atoms with Gasteiger partial charge >= 0.3 is 0 Å². The molecule has 4 nitrogen and oxygen atoms in total. The fraction of sp³-hybridized carbons (Fsp3) is 0.231. The van der Waals surface area contributed by atoms with E-state index in [1.807, 2.05) is 37.4 Å². The fourth-order valence-electron chi connectivity index (χ4n) is 1.58. The molecule has 0 bridgehead atoms. The quantitative estimate of drug-likeness (QED) is 0.857. The van der Waals surface area contributed by atoms with E-state index >= 15 is 0 Å². The lowest BCUT2D eigenvalue weighted by Crippen LogP contribution is -2.01. The Labute approximate surface area is 111 Å². The molecular weight excluding hydrogens is 246 g/mol. The summed E-state index contributed by atoms with van der Waals surface area (Å²) in [5.74, 6) is 1.76. The van der Waals surface area contributed by atoms with Crippen molar-refractivity contribution in [2.75, 3.05) is 12.0 Å². The molecule has 1 aromatic carbocycles. The molecule has 18 heavy (non-hydrogen) atoms. The van der Waals surface area contributed by atoms with Crippen molar-refractivity contribution in [1.82, 2.24) is 9.97 Å². The number of rotatable bonds is 4. The zero-order valence-electron chi connectivity index (χ0n) is 10.4. The first-order valence-electron chi connectivity index (χ1n) is 5.65. The first kappa shape index (κ1) is 12.7. The molecule has 0 atom stereocenters. The highest BCUT2D eigenvalue weighted by Gasteiger charge is 2.09. The SMILES string of the molecule is CCc1c(N)ncnc1Oc1ccc(SC)cc1. The molecule has 0 aliphatic carbocycles. The lowest BCUT2D eigenvalue weighted by molar-refractivity contribution is 0.455. The van der Waals surface area contributed by atoms with Crippen LogP contribution in [0.3, 0.4) is 0 Å². The van der Waals surface area contributed by atoms with Gasteiger partial charge in [0.2, 0.25) is 5.88 Å². The number of nitrogens with two attached hydrogens (primary N) is 1. The molecule has 0 amide bonds. The predicted molar refractivity (Wildman–Crippen MR) is 74.1 cm³/mol. The highest BCUT2D eigenvalue weighted by atomic mass is 32.2. The van der Waals surface area contributed by atoms with Gasteiger partial charge in [-0.1, -0.05) is 6.92 Å². The van der Waals surface area contributed by atoms with Crippen molar-refractivity contribution >= 4 is 17.6 Å². The Morgan fingerprint density at radius 3 is 2.56 bits per heavy atom. The maximum Gasteiger partial charge on any atom is 0.227 e. The van der Waals surface area contributed by atoms with E-state index in [2.05, 4.69) is 9.97 Å². The lowest BCUT2D eigenvalue weighted by Gasteiger charge is -2.10. The van der Waals surface area contributed by atoms with Crippen molar-refractivity contribution in [2.45, 2.75) is 18.2 Å². The van der Waals surface area contributed by atoms with Crippen molar-refractivity contribution in [1.29, 1.82) is 0 Å². The Balaban J connectivity index is 2.25. The molecule has 0 aliphatic heterocycles. The highest BCUT2D eigenvalue weighted by molar-refractivity contribution is 7.98. The fourth-order valence-corrected chi connectivity index (χ4v) is 1.99. The maximum absolute atomic E-state index is 5.80. The highest BCUT2D eigenvalue weighted by Crippen LogP contribution is 2.27. The molecule has 5 heteroatoms. The van der Waals surface area contributed by atoms with Crippen LogP contribution in [0.1, 0.15) is 12.5 Å². The number of nitrogen functional groups attached to an aromatic ring is 1. The van der Waals surface area contributed by atoms with E-state index in [4.69, 9.17) is 10.5 Å². The summed E-state index contributed by atoms with van der Waals surface area (Å²) in [5.41, 5.74) is 6.64. The molecule has 2 aromatic rings. The molecular formula is C13H15N3OS. The van der Waals surface area contributed by atoms with Crippen LogP contribution >= 0.6 is 11.8 Å². The normalized spacial score (nSPS) is 10.3. The molecule has 0 aliphatic rings. The number of aromatic nitrogens is 2. The van der Waals surface area contributed by atoms with Crippen molar-refractivity contribution < 1.29 is 4.74 Å². The minimum absolute atomic E-state index is 0.475. The van der Waals surface area contributed by atoms with E-state index in [-0.39, 0.29) is 0 Å². The minimum atomic E-state index is 0.475. The first-order chi connectivity index (χ1) is 8.74. The van der Waals surface area contributed by atoms with E-state index in [9.17, 15) is 0 Å². The largest absolute Gasteiger partial charge is 0.439 e. The third-order valence-electron chi connectivity index (χ3n) is 2.57. The van der Waals surface area contributed by atoms with Gasteiger partial charge in [0.15, 0.2) is 0 Å². The molecule has 0 saturated carbocycles. The van der Waals surface area contributed by atoms with E-state index in [0.29, 0.717) is 11.7 Å². The van der Waals surface area contributed by atoms with E-state index in [1.165, 1.54) is 11.2 Å². The second-order valence-electron chi connectivity index (χ2n) is 3.67. The standard InChI is InChI=1S/C13H15N3OS/c1-3-11-12(14)15-8-16-13(11)17-9-4-6-10(18-2)7-5-9/h4-8H,3H2,1-2H3,(H2,14,15,16). The van der Waals surface area contributed by atoms with Crippen LogP contribution in [0.5, 0.6) is 11.6 Å². The first-order valence-corrected chi connectivity index (χ1v) is 6.88. The van der Waals surface area contributed by atoms with Crippen LogP contribution in [0.15, 0.2) is 35.5 Å². The van der Waals surface area contributed by atoms with Crippen LogP contribution in [0.4, 0.5) is 5.82 Å². The number of nitrogens with zero attached hydrogens (tertiary/aromatic N) is 2. The van der Waals surface area contributed by atoms with Gasteiger partial charge in [-0.15, -0.1) is 11.8 Å². The van der Waals surface area contributed by atoms with Crippen molar-refractivity contribution in [3.05, 3.63) is 36.2 Å². The topological polar surface area (TPSA) is 61.0 Å². The molecule has 0 spiro atoms. The summed E-state index contributed by atoms with van der Waals surface area (Å²) in [5, 5.41) is 0. The summed E-state index contributed by atoms with van der Waals surface area (Å²) in [7, 11) is 0. The van der Waals surface area contributed by atoms with E-state index < -0.39 is 0 Å². The summed E-state index contributed by atoms with van der Waals surface area (Å²) >= 11 is 1.69. The van der Waals surface area contributed by atoms with Crippen LogP contribution in [0.2, 0.25) is 0 Å². The van der Waals surface area contributed by atoms with E-state index in [0.717, 1.165) is 17.7 Å². The average Bonchev–Trinajstić information content (AvgIpc) is 2.40. The van der Waals surface area contributed by atoms with Gasteiger partial charge in [-0.3, -0.25) is 0 Å². The molecule has 1 heterocycles. The summed E-state index contributed by atoms with van der Waals surface area (Å²) in [6.45, 7) is 2.00. The smallest absolute Gasteiger partial charge is 0.227 e. The summed E-state index contributed by atoms with van der Waals surface area (Å²) < 4.78 is 5.74. The predicted octanol–water partition coefficient (Wildman–Crippen LogP) is 3.14. The van der Waals surface area contributed by atoms with Gasteiger partial charge < -0.3 is 10.5 Å². The second kappa shape index (κ2) is 5.73. The Morgan fingerprint density at radius 1 is 1.22 bits per heavy atom. The maximum atomic E-state index is 5.80. The van der Waals surface area contributed by atoms with Crippen LogP contribution in [0, 0.1) is 0 Å². The Hall–Kier alpha value is -1.75. The van der Waals surface area contributed by atoms with Crippen molar-refractivity contribution in [3.8, 4) is 11.6 Å². The van der Waals surface area contributed by atoms with Crippen LogP contribution in [0.25, 0.3) is 0 Å². The van der Waals surface area contributed by atoms with Gasteiger partial charge in [0.1, 0.15) is 17.9 Å². The zero-order valence-corrected chi connectivity index (χ0v) is 11.2. The zero-order chi connectivity index (χ0) is 13.0. The summed E-state index contributed by atoms with van der Waals surface area (Å²) in [6.07, 6.45) is 4.20. The summed E-state index contributed by atoms with van der Waals surface area (Å²) in [6, 6.07) is 7.86. The second-order valence-corrected chi connectivity index (χ2v) is 4.55. The number of hydrogen-bond acceptors (Lipinski definition) is 5. The van der Waals surface area contributed by atoms with E-state index in [1.54, 1.807) is 11.8 Å². The van der Waals surface area contributed by atoms with Gasteiger partial charge in [0.05, 0.1) is 5.56 Å². The molecule has 0 unspecified atom stereocenters. The molecule has 2 rings (SSSR count). The summed E-state index contributed by atoms with van der Waals surface area (Å²) in [4.78, 5) is 9.29. The van der Waals surface area contributed by atoms with Crippen LogP contribution < -0.4 is 10.5 Å². The van der Waals surface area contributed by atoms with Gasteiger partial charge in [-0.25, -0.2) is 9.97 Å². The third-order valence-corrected chi connectivity index (χ3v) is 3.31. The molecule has 94 valence electrons. The number of ether oxygens (including phenoxy) is 1. The average molecular weight is 261 g/mol. The molecule has 0 saturated heterocycles. The lowest BCUT2D eigenvalue weighted by atomic mass is 10.2. The third kappa shape index (κ3) is 2.73. The number of thioether (sulfide) groups is 1. The number of anilines is 1. The van der Waals surface area contributed by atoms with Crippen LogP contribution in [-0.4, -0.2) is 16.2 Å². The molecule has 0 radical (unpaired) electrons. The van der Waals surface area contributed by atoms with Crippen molar-refractivity contribution in [3.63, 3.8) is 0 Å². The van der Waals surface area contributed by atoms with Gasteiger partial charge in [-0.05, 0) is 36.9 Å². The number of hydrogen-bond donors (Lipinski definition) is 1. The van der Waals surface area contributed by atoms with Gasteiger partial charge in [0, 0.05) is 4.90 Å². The Morgan fingerprint density at radius 2 is 1.94 bits per heavy atom. The minimum Gasteiger partial charge on any atom is -0.439 e. The van der Waals surface area contributed by atoms with Gasteiger partial charge in [-0.2, -0.15) is 0 Å². The monoisotopic (exact) mass is 261 g/mol. The van der Waals surface area contributed by atoms with Crippen molar-refractivity contribution in [2.24, 2.45) is 0 Å². The van der Waals surface area contributed by atoms with Gasteiger partial charge in [0.25, 0.3) is 0 Å². The molecule has 2 N–H and O–H groups in total. The Bertz CT molecular complexity index is 528. The Kier molecular flexibility index (Phi) is 4.04. The van der Waals surface area contributed by atoms with Crippen LogP contribution in [-0.2, 0) is 6.42 Å². The number of benzene rings is 1. The molecule has 0 fully saturated rings.